The normalized spacial score (nSPS) is 11.0. The van der Waals surface area contributed by atoms with Crippen molar-refractivity contribution in [2.45, 2.75) is 0 Å². The van der Waals surface area contributed by atoms with Crippen molar-refractivity contribution in [2.24, 2.45) is 0 Å². The van der Waals surface area contributed by atoms with E-state index < -0.39 is 0 Å². The van der Waals surface area contributed by atoms with Gasteiger partial charge in [0.15, 0.2) is 0 Å². The summed E-state index contributed by atoms with van der Waals surface area (Å²) in [5, 5.41) is 0.662. The molecule has 0 aliphatic heterocycles. The predicted octanol–water partition coefficient (Wildman–Crippen LogP) is 3.87. The van der Waals surface area contributed by atoms with Crippen LogP contribution in [0.1, 0.15) is 0 Å². The molecule has 0 bridgehead atoms. The number of aromatic nitrogens is 2. The van der Waals surface area contributed by atoms with E-state index in [2.05, 4.69) is 33.6 Å². The van der Waals surface area contributed by atoms with E-state index in [0.29, 0.717) is 11.0 Å². The molecule has 18 heavy (non-hydrogen) atoms. The number of nitrogen functional groups attached to an aromatic ring is 1. The van der Waals surface area contributed by atoms with Gasteiger partial charge in [-0.3, -0.25) is 4.57 Å². The smallest absolute Gasteiger partial charge is 0.205 e. The van der Waals surface area contributed by atoms with Crippen LogP contribution in [0, 0.1) is 3.57 Å². The van der Waals surface area contributed by atoms with Crippen LogP contribution in [0.3, 0.4) is 0 Å². The Balaban J connectivity index is 2.32. The van der Waals surface area contributed by atoms with Crippen molar-refractivity contribution >= 4 is 51.2 Å². The highest BCUT2D eigenvalue weighted by molar-refractivity contribution is 14.1. The number of halogens is 2. The summed E-state index contributed by atoms with van der Waals surface area (Å²) >= 11 is 8.24. The zero-order chi connectivity index (χ0) is 12.7. The molecule has 2 N–H and O–H groups in total. The summed E-state index contributed by atoms with van der Waals surface area (Å²) in [6, 6.07) is 13.7. The van der Waals surface area contributed by atoms with Crippen LogP contribution in [-0.4, -0.2) is 9.55 Å². The second-order valence-corrected chi connectivity index (χ2v) is 5.60. The van der Waals surface area contributed by atoms with Gasteiger partial charge in [0.1, 0.15) is 0 Å². The molecule has 0 amide bonds. The number of nitrogens with zero attached hydrogens (tertiary/aromatic N) is 2. The maximum Gasteiger partial charge on any atom is 0.205 e. The summed E-state index contributed by atoms with van der Waals surface area (Å²) in [6.45, 7) is 0. The summed E-state index contributed by atoms with van der Waals surface area (Å²) in [4.78, 5) is 4.33. The molecule has 1 heterocycles. The van der Waals surface area contributed by atoms with Gasteiger partial charge in [0.25, 0.3) is 0 Å². The minimum Gasteiger partial charge on any atom is -0.369 e. The van der Waals surface area contributed by atoms with Crippen LogP contribution in [-0.2, 0) is 0 Å². The van der Waals surface area contributed by atoms with Crippen molar-refractivity contribution in [2.75, 3.05) is 5.73 Å². The molecule has 3 rings (SSSR count). The molecule has 2 aromatic carbocycles. The topological polar surface area (TPSA) is 43.8 Å². The molecule has 0 spiro atoms. The Labute approximate surface area is 123 Å². The quantitative estimate of drug-likeness (QED) is 0.662. The molecular formula is C13H9ClIN3. The van der Waals surface area contributed by atoms with Crippen molar-refractivity contribution in [1.29, 1.82) is 0 Å². The summed E-state index contributed by atoms with van der Waals surface area (Å²) in [6.07, 6.45) is 0. The number of anilines is 1. The fraction of sp³-hybridized carbons (Fsp3) is 0. The van der Waals surface area contributed by atoms with Crippen molar-refractivity contribution in [3.8, 4) is 5.69 Å². The van der Waals surface area contributed by atoms with Gasteiger partial charge in [0.2, 0.25) is 5.95 Å². The van der Waals surface area contributed by atoms with Crippen LogP contribution < -0.4 is 5.73 Å². The number of nitrogens with two attached hydrogens (primary N) is 1. The molecule has 0 saturated carbocycles. The summed E-state index contributed by atoms with van der Waals surface area (Å²) < 4.78 is 3.08. The molecule has 3 aromatic rings. The highest BCUT2D eigenvalue weighted by atomic mass is 127. The third-order valence-corrected chi connectivity index (χ3v) is 3.61. The third kappa shape index (κ3) is 1.95. The van der Waals surface area contributed by atoms with Crippen LogP contribution >= 0.6 is 34.2 Å². The van der Waals surface area contributed by atoms with E-state index in [-0.39, 0.29) is 0 Å². The first-order valence-corrected chi connectivity index (χ1v) is 6.80. The second kappa shape index (κ2) is 4.44. The van der Waals surface area contributed by atoms with Crippen LogP contribution in [0.25, 0.3) is 16.7 Å². The Kier molecular flexibility index (Phi) is 2.91. The maximum atomic E-state index is 5.99. The number of benzene rings is 2. The molecule has 90 valence electrons. The number of rotatable bonds is 1. The van der Waals surface area contributed by atoms with Gasteiger partial charge >= 0.3 is 0 Å². The molecule has 0 atom stereocenters. The van der Waals surface area contributed by atoms with Crippen molar-refractivity contribution < 1.29 is 0 Å². The number of fused-ring (bicyclic) bond motifs is 1. The first-order chi connectivity index (χ1) is 8.65. The Bertz CT molecular complexity index is 736. The van der Waals surface area contributed by atoms with Crippen molar-refractivity contribution in [3.05, 3.63) is 51.1 Å². The highest BCUT2D eigenvalue weighted by Gasteiger charge is 2.10. The van der Waals surface area contributed by atoms with Crippen LogP contribution in [0.15, 0.2) is 42.5 Å². The summed E-state index contributed by atoms with van der Waals surface area (Å²) in [5.74, 6) is 0.467. The van der Waals surface area contributed by atoms with Gasteiger partial charge in [0.05, 0.1) is 16.7 Å². The standard InChI is InChI=1S/C13H9ClIN3/c14-8-4-5-12-11(6-8)17-13(16)18(12)10-3-1-2-9(15)7-10/h1-7H,(H2,16,17). The van der Waals surface area contributed by atoms with Gasteiger partial charge in [-0.25, -0.2) is 4.98 Å². The molecule has 5 heteroatoms. The van der Waals surface area contributed by atoms with Gasteiger partial charge in [-0.2, -0.15) is 0 Å². The van der Waals surface area contributed by atoms with Gasteiger partial charge in [-0.15, -0.1) is 0 Å². The van der Waals surface area contributed by atoms with Crippen molar-refractivity contribution in [1.82, 2.24) is 9.55 Å². The average molecular weight is 370 g/mol. The van der Waals surface area contributed by atoms with Gasteiger partial charge in [-0.05, 0) is 59.0 Å². The molecule has 0 aliphatic rings. The minimum absolute atomic E-state index is 0.467. The van der Waals surface area contributed by atoms with E-state index in [1.54, 1.807) is 0 Å². The van der Waals surface area contributed by atoms with Gasteiger partial charge in [0, 0.05) is 8.59 Å². The summed E-state index contributed by atoms with van der Waals surface area (Å²) in [5.41, 5.74) is 8.76. The van der Waals surface area contributed by atoms with Gasteiger partial charge in [-0.1, -0.05) is 17.7 Å². The molecular weight excluding hydrogens is 361 g/mol. The van der Waals surface area contributed by atoms with Gasteiger partial charge < -0.3 is 5.73 Å². The lowest BCUT2D eigenvalue weighted by Gasteiger charge is -2.06. The van der Waals surface area contributed by atoms with Crippen LogP contribution in [0.4, 0.5) is 5.95 Å². The zero-order valence-electron chi connectivity index (χ0n) is 9.27. The van der Waals surface area contributed by atoms with Crippen LogP contribution in [0.2, 0.25) is 5.02 Å². The van der Waals surface area contributed by atoms with E-state index in [1.165, 1.54) is 0 Å². The Hall–Kier alpha value is -1.27. The minimum atomic E-state index is 0.467. The Morgan fingerprint density at radius 2 is 2.00 bits per heavy atom. The van der Waals surface area contributed by atoms with Crippen LogP contribution in [0.5, 0.6) is 0 Å². The highest BCUT2D eigenvalue weighted by Crippen LogP contribution is 2.26. The predicted molar refractivity (Wildman–Crippen MR) is 83.2 cm³/mol. The average Bonchev–Trinajstić information content (AvgIpc) is 2.64. The molecule has 1 aromatic heterocycles. The first kappa shape index (κ1) is 11.8. The maximum absolute atomic E-state index is 5.99. The SMILES string of the molecule is Nc1nc2cc(Cl)ccc2n1-c1cccc(I)c1. The summed E-state index contributed by atoms with van der Waals surface area (Å²) in [7, 11) is 0. The van der Waals surface area contributed by atoms with Crippen molar-refractivity contribution in [3.63, 3.8) is 0 Å². The zero-order valence-corrected chi connectivity index (χ0v) is 12.2. The largest absolute Gasteiger partial charge is 0.369 e. The lowest BCUT2D eigenvalue weighted by molar-refractivity contribution is 1.11. The first-order valence-electron chi connectivity index (χ1n) is 5.34. The molecule has 3 nitrogen and oxygen atoms in total. The Morgan fingerprint density at radius 1 is 1.17 bits per heavy atom. The monoisotopic (exact) mass is 369 g/mol. The molecule has 0 unspecified atom stereocenters. The lowest BCUT2D eigenvalue weighted by Crippen LogP contribution is -2.00. The van der Waals surface area contributed by atoms with E-state index in [4.69, 9.17) is 17.3 Å². The Morgan fingerprint density at radius 3 is 2.78 bits per heavy atom. The lowest BCUT2D eigenvalue weighted by atomic mass is 10.3. The number of hydrogen-bond acceptors (Lipinski definition) is 2. The third-order valence-electron chi connectivity index (χ3n) is 2.71. The molecule has 0 fully saturated rings. The molecule has 0 aliphatic carbocycles. The second-order valence-electron chi connectivity index (χ2n) is 3.92. The fourth-order valence-electron chi connectivity index (χ4n) is 1.96. The van der Waals surface area contributed by atoms with E-state index in [9.17, 15) is 0 Å². The fourth-order valence-corrected chi connectivity index (χ4v) is 2.65. The number of imidazole rings is 1. The number of hydrogen-bond donors (Lipinski definition) is 1. The van der Waals surface area contributed by atoms with E-state index >= 15 is 0 Å². The molecule has 0 saturated heterocycles. The van der Waals surface area contributed by atoms with E-state index in [1.807, 2.05) is 41.0 Å². The molecule has 0 radical (unpaired) electrons. The van der Waals surface area contributed by atoms with E-state index in [0.717, 1.165) is 20.3 Å².